The Morgan fingerprint density at radius 1 is 0.682 bits per heavy atom. The van der Waals surface area contributed by atoms with Crippen LogP contribution in [0.1, 0.15) is 28.7 Å². The van der Waals surface area contributed by atoms with Gasteiger partial charge in [-0.2, -0.15) is 0 Å². The van der Waals surface area contributed by atoms with Crippen LogP contribution in [0.25, 0.3) is 34.1 Å². The van der Waals surface area contributed by atoms with Gasteiger partial charge in [-0.05, 0) is 57.0 Å². The zero-order chi connectivity index (χ0) is 14.5. The smallest absolute Gasteiger partial charge is 0.00130 e. The molecule has 5 rings (SSSR count). The Kier molecular flexibility index (Phi) is 2.42. The first-order valence-corrected chi connectivity index (χ1v) is 7.92. The molecule has 0 nitrogen and oxygen atoms in total. The van der Waals surface area contributed by atoms with E-state index in [-0.39, 0.29) is 0 Å². The molecule has 0 amide bonds. The van der Waals surface area contributed by atoms with Gasteiger partial charge in [0.15, 0.2) is 0 Å². The molecular formula is C22H16. The molecule has 0 saturated carbocycles. The first-order chi connectivity index (χ1) is 10.9. The van der Waals surface area contributed by atoms with E-state index in [0.717, 1.165) is 12.8 Å². The zero-order valence-electron chi connectivity index (χ0n) is 12.3. The summed E-state index contributed by atoms with van der Waals surface area (Å²) >= 11 is 0. The fourth-order valence-electron chi connectivity index (χ4n) is 3.87. The molecule has 3 aromatic rings. The van der Waals surface area contributed by atoms with Gasteiger partial charge in [0, 0.05) is 0 Å². The van der Waals surface area contributed by atoms with Crippen LogP contribution in [0.3, 0.4) is 0 Å². The average molecular weight is 280 g/mol. The second-order valence-electron chi connectivity index (χ2n) is 6.14. The summed E-state index contributed by atoms with van der Waals surface area (Å²) in [6, 6.07) is 17.9. The maximum Gasteiger partial charge on any atom is -0.00130 e. The Morgan fingerprint density at radius 3 is 2.50 bits per heavy atom. The van der Waals surface area contributed by atoms with Crippen molar-refractivity contribution in [3.8, 4) is 11.1 Å². The highest BCUT2D eigenvalue weighted by atomic mass is 14.3. The van der Waals surface area contributed by atoms with Crippen LogP contribution in [0, 0.1) is 0 Å². The molecule has 2 aliphatic rings. The van der Waals surface area contributed by atoms with Gasteiger partial charge in [-0.15, -0.1) is 0 Å². The number of rotatable bonds is 0. The van der Waals surface area contributed by atoms with Crippen molar-refractivity contribution in [2.45, 2.75) is 12.8 Å². The summed E-state index contributed by atoms with van der Waals surface area (Å²) in [5, 5.41) is 2.72. The van der Waals surface area contributed by atoms with Crippen LogP contribution in [0.5, 0.6) is 0 Å². The van der Waals surface area contributed by atoms with E-state index in [0.29, 0.717) is 0 Å². The molecular weight excluding hydrogens is 264 g/mol. The maximum atomic E-state index is 2.31. The molecule has 0 unspecified atom stereocenters. The van der Waals surface area contributed by atoms with Crippen LogP contribution in [-0.2, 0) is 6.42 Å². The van der Waals surface area contributed by atoms with E-state index in [1.807, 2.05) is 0 Å². The third kappa shape index (κ3) is 1.58. The Labute approximate surface area is 130 Å². The molecule has 2 aliphatic carbocycles. The van der Waals surface area contributed by atoms with Crippen LogP contribution in [0.2, 0.25) is 0 Å². The molecule has 0 atom stereocenters. The van der Waals surface area contributed by atoms with Crippen LogP contribution in [0.15, 0.2) is 60.7 Å². The SMILES string of the molecule is C1=Cc2ccc3c(c2C=CC1)-c1c(ccc2ccccc12)C3. The normalized spacial score (nSPS) is 14.5. The van der Waals surface area contributed by atoms with Gasteiger partial charge in [-0.25, -0.2) is 0 Å². The summed E-state index contributed by atoms with van der Waals surface area (Å²) in [5.41, 5.74) is 8.56. The molecule has 0 spiro atoms. The second kappa shape index (κ2) is 4.45. The number of fused-ring (bicyclic) bond motifs is 7. The molecule has 0 N–H and O–H groups in total. The summed E-state index contributed by atoms with van der Waals surface area (Å²) < 4.78 is 0. The molecule has 0 bridgehead atoms. The summed E-state index contributed by atoms with van der Waals surface area (Å²) in [5.74, 6) is 0. The van der Waals surface area contributed by atoms with Crippen molar-refractivity contribution in [2.75, 3.05) is 0 Å². The van der Waals surface area contributed by atoms with Crippen LogP contribution < -0.4 is 0 Å². The van der Waals surface area contributed by atoms with Gasteiger partial charge in [0.2, 0.25) is 0 Å². The van der Waals surface area contributed by atoms with Crippen molar-refractivity contribution in [1.29, 1.82) is 0 Å². The van der Waals surface area contributed by atoms with Gasteiger partial charge in [0.25, 0.3) is 0 Å². The monoisotopic (exact) mass is 280 g/mol. The number of benzene rings is 3. The summed E-state index contributed by atoms with van der Waals surface area (Å²) in [4.78, 5) is 0. The lowest BCUT2D eigenvalue weighted by Crippen LogP contribution is -1.89. The number of hydrogen-bond donors (Lipinski definition) is 0. The average Bonchev–Trinajstić information content (AvgIpc) is 2.78. The van der Waals surface area contributed by atoms with Gasteiger partial charge in [-0.1, -0.05) is 72.8 Å². The highest BCUT2D eigenvalue weighted by molar-refractivity contribution is 6.04. The van der Waals surface area contributed by atoms with Crippen molar-refractivity contribution >= 4 is 22.9 Å². The van der Waals surface area contributed by atoms with Crippen molar-refractivity contribution in [3.63, 3.8) is 0 Å². The topological polar surface area (TPSA) is 0 Å². The van der Waals surface area contributed by atoms with Crippen molar-refractivity contribution in [2.24, 2.45) is 0 Å². The Morgan fingerprint density at radius 2 is 1.50 bits per heavy atom. The van der Waals surface area contributed by atoms with Crippen molar-refractivity contribution in [3.05, 3.63) is 82.9 Å². The van der Waals surface area contributed by atoms with Crippen LogP contribution >= 0.6 is 0 Å². The van der Waals surface area contributed by atoms with E-state index in [1.165, 1.54) is 44.2 Å². The molecule has 0 heterocycles. The summed E-state index contributed by atoms with van der Waals surface area (Å²) in [7, 11) is 0. The van der Waals surface area contributed by atoms with Gasteiger partial charge in [-0.3, -0.25) is 0 Å². The summed E-state index contributed by atoms with van der Waals surface area (Å²) in [6.45, 7) is 0. The van der Waals surface area contributed by atoms with Crippen LogP contribution in [-0.4, -0.2) is 0 Å². The molecule has 0 aliphatic heterocycles. The lowest BCUT2D eigenvalue weighted by molar-refractivity contribution is 1.26. The Balaban J connectivity index is 1.93. The van der Waals surface area contributed by atoms with E-state index < -0.39 is 0 Å². The quantitative estimate of drug-likeness (QED) is 0.379. The molecule has 3 aromatic carbocycles. The lowest BCUT2D eigenvalue weighted by atomic mass is 9.92. The minimum Gasteiger partial charge on any atom is -0.0801 e. The van der Waals surface area contributed by atoms with Gasteiger partial charge in [0.05, 0.1) is 0 Å². The first kappa shape index (κ1) is 12.0. The molecule has 22 heavy (non-hydrogen) atoms. The number of allylic oxidation sites excluding steroid dienone is 2. The molecule has 0 saturated heterocycles. The predicted octanol–water partition coefficient (Wildman–Crippen LogP) is 5.84. The minimum atomic E-state index is 1.02. The maximum absolute atomic E-state index is 2.31. The summed E-state index contributed by atoms with van der Waals surface area (Å²) in [6.07, 6.45) is 11.2. The Bertz CT molecular complexity index is 971. The van der Waals surface area contributed by atoms with E-state index in [9.17, 15) is 0 Å². The second-order valence-corrected chi connectivity index (χ2v) is 6.14. The van der Waals surface area contributed by atoms with E-state index in [1.54, 1.807) is 0 Å². The third-order valence-corrected chi connectivity index (χ3v) is 4.87. The molecule has 104 valence electrons. The molecule has 0 heteroatoms. The van der Waals surface area contributed by atoms with Crippen molar-refractivity contribution in [1.82, 2.24) is 0 Å². The highest BCUT2D eigenvalue weighted by Gasteiger charge is 2.24. The van der Waals surface area contributed by atoms with Crippen LogP contribution in [0.4, 0.5) is 0 Å². The number of hydrogen-bond acceptors (Lipinski definition) is 0. The van der Waals surface area contributed by atoms with Gasteiger partial charge in [0.1, 0.15) is 0 Å². The minimum absolute atomic E-state index is 1.02. The van der Waals surface area contributed by atoms with E-state index in [4.69, 9.17) is 0 Å². The van der Waals surface area contributed by atoms with E-state index in [2.05, 4.69) is 72.8 Å². The Hall–Kier alpha value is -2.60. The predicted molar refractivity (Wildman–Crippen MR) is 94.9 cm³/mol. The molecule has 0 aromatic heterocycles. The van der Waals surface area contributed by atoms with Crippen molar-refractivity contribution < 1.29 is 0 Å². The third-order valence-electron chi connectivity index (χ3n) is 4.87. The van der Waals surface area contributed by atoms with E-state index >= 15 is 0 Å². The van der Waals surface area contributed by atoms with Gasteiger partial charge < -0.3 is 0 Å². The zero-order valence-corrected chi connectivity index (χ0v) is 12.3. The van der Waals surface area contributed by atoms with Gasteiger partial charge >= 0.3 is 0 Å². The fraction of sp³-hybridized carbons (Fsp3) is 0.0909. The molecule has 0 fully saturated rings. The molecule has 0 radical (unpaired) electrons. The standard InChI is InChI=1S/C22H16/c1-2-6-15-10-12-17-14-18-13-11-16-7-4-5-9-20(16)22(18)21(17)19(15)8-3-1/h2-13H,1,14H2. The largest absolute Gasteiger partial charge is 0.0801 e. The first-order valence-electron chi connectivity index (χ1n) is 7.92. The lowest BCUT2D eigenvalue weighted by Gasteiger charge is -2.12. The highest BCUT2D eigenvalue weighted by Crippen LogP contribution is 2.45. The fourth-order valence-corrected chi connectivity index (χ4v) is 3.87.